The Morgan fingerprint density at radius 2 is 1.89 bits per heavy atom. The van der Waals surface area contributed by atoms with Crippen molar-refractivity contribution in [2.45, 2.75) is 0 Å². The van der Waals surface area contributed by atoms with Crippen molar-refractivity contribution in [2.75, 3.05) is 46.4 Å². The van der Waals surface area contributed by atoms with Gasteiger partial charge in [0, 0.05) is 37.2 Å². The van der Waals surface area contributed by atoms with E-state index in [2.05, 4.69) is 32.8 Å². The van der Waals surface area contributed by atoms with Crippen molar-refractivity contribution < 1.29 is 13.5 Å². The maximum absolute atomic E-state index is 13.5. The van der Waals surface area contributed by atoms with Gasteiger partial charge in [0.15, 0.2) is 11.6 Å². The van der Waals surface area contributed by atoms with Crippen molar-refractivity contribution in [1.82, 2.24) is 9.80 Å². The van der Waals surface area contributed by atoms with E-state index in [9.17, 15) is 8.78 Å². The van der Waals surface area contributed by atoms with Gasteiger partial charge >= 0.3 is 0 Å². The van der Waals surface area contributed by atoms with Gasteiger partial charge in [-0.2, -0.15) is 4.39 Å². The number of nitrogens with zero attached hydrogens (tertiary/aromatic N) is 2. The van der Waals surface area contributed by atoms with E-state index in [4.69, 9.17) is 4.74 Å². The molecule has 1 aliphatic rings. The lowest BCUT2D eigenvalue weighted by Crippen LogP contribution is -2.45. The van der Waals surface area contributed by atoms with E-state index < -0.39 is 11.6 Å². The molecule has 1 aliphatic heterocycles. The minimum atomic E-state index is -0.929. The van der Waals surface area contributed by atoms with E-state index in [1.165, 1.54) is 6.07 Å². The molecule has 1 heterocycles. The summed E-state index contributed by atoms with van der Waals surface area (Å²) in [7, 11) is 2.09. The minimum Gasteiger partial charge on any atom is -0.489 e. The quantitative estimate of drug-likeness (QED) is 0.786. The molecule has 1 fully saturated rings. The zero-order chi connectivity index (χ0) is 13.8. The molecule has 0 aromatic heterocycles. The first-order chi connectivity index (χ1) is 9.06. The molecule has 1 aromatic carbocycles. The van der Waals surface area contributed by atoms with Crippen LogP contribution in [0.1, 0.15) is 0 Å². The van der Waals surface area contributed by atoms with Gasteiger partial charge in [0.05, 0.1) is 0 Å². The number of likely N-dealkylation sites (N-methyl/N-ethyl adjacent to an activating group) is 1. The molecule has 0 aliphatic carbocycles. The third-order valence-electron chi connectivity index (χ3n) is 3.22. The Kier molecular flexibility index (Phi) is 5.13. The number of hydrogen-bond donors (Lipinski definition) is 0. The lowest BCUT2D eigenvalue weighted by molar-refractivity contribution is 0.132. The summed E-state index contributed by atoms with van der Waals surface area (Å²) in [6, 6.07) is 2.53. The highest BCUT2D eigenvalue weighted by Crippen LogP contribution is 2.25. The van der Waals surface area contributed by atoms with Crippen molar-refractivity contribution in [3.05, 3.63) is 28.2 Å². The molecule has 0 amide bonds. The zero-order valence-corrected chi connectivity index (χ0v) is 12.4. The third-order valence-corrected chi connectivity index (χ3v) is 3.68. The fourth-order valence-corrected chi connectivity index (χ4v) is 2.40. The number of benzene rings is 1. The fraction of sp³-hybridized carbons (Fsp3) is 0.538. The third kappa shape index (κ3) is 4.12. The molecule has 3 nitrogen and oxygen atoms in total. The highest BCUT2D eigenvalue weighted by atomic mass is 79.9. The van der Waals surface area contributed by atoms with Crippen LogP contribution in [0.15, 0.2) is 16.6 Å². The number of halogens is 3. The molecule has 19 heavy (non-hydrogen) atoms. The van der Waals surface area contributed by atoms with Crippen LogP contribution >= 0.6 is 15.9 Å². The number of piperazine rings is 1. The van der Waals surface area contributed by atoms with Crippen LogP contribution in [0.2, 0.25) is 0 Å². The van der Waals surface area contributed by atoms with Crippen molar-refractivity contribution in [1.29, 1.82) is 0 Å². The lowest BCUT2D eigenvalue weighted by atomic mass is 10.3. The molecule has 0 unspecified atom stereocenters. The summed E-state index contributed by atoms with van der Waals surface area (Å²) in [5.41, 5.74) is 0. The standard InChI is InChI=1S/C13H17BrF2N2O/c1-17-2-4-18(5-3-17)6-7-19-12-9-10(14)8-11(15)13(12)16/h8-9H,2-7H2,1H3. The molecular formula is C13H17BrF2N2O. The summed E-state index contributed by atoms with van der Waals surface area (Å²) in [5.74, 6) is -1.87. The Hall–Kier alpha value is -0.720. The predicted molar refractivity (Wildman–Crippen MR) is 73.5 cm³/mol. The Bertz CT molecular complexity index is 437. The smallest absolute Gasteiger partial charge is 0.200 e. The van der Waals surface area contributed by atoms with Gasteiger partial charge in [0.2, 0.25) is 5.82 Å². The molecule has 106 valence electrons. The molecule has 0 N–H and O–H groups in total. The summed E-state index contributed by atoms with van der Waals surface area (Å²) in [6.07, 6.45) is 0. The predicted octanol–water partition coefficient (Wildman–Crippen LogP) is 2.35. The molecule has 0 bridgehead atoms. The summed E-state index contributed by atoms with van der Waals surface area (Å²) in [6.45, 7) is 5.10. The highest BCUT2D eigenvalue weighted by molar-refractivity contribution is 9.10. The summed E-state index contributed by atoms with van der Waals surface area (Å²) >= 11 is 3.12. The average molecular weight is 335 g/mol. The molecule has 0 atom stereocenters. The van der Waals surface area contributed by atoms with Crippen LogP contribution in [-0.2, 0) is 0 Å². The number of hydrogen-bond acceptors (Lipinski definition) is 3. The van der Waals surface area contributed by atoms with Gasteiger partial charge in [0.1, 0.15) is 6.61 Å². The fourth-order valence-electron chi connectivity index (χ4n) is 1.99. The lowest BCUT2D eigenvalue weighted by Gasteiger charge is -2.32. The van der Waals surface area contributed by atoms with E-state index in [0.29, 0.717) is 11.1 Å². The maximum Gasteiger partial charge on any atom is 0.200 e. The van der Waals surface area contributed by atoms with Crippen LogP contribution in [0.25, 0.3) is 0 Å². The Morgan fingerprint density at radius 3 is 2.58 bits per heavy atom. The van der Waals surface area contributed by atoms with Gasteiger partial charge in [-0.25, -0.2) is 4.39 Å². The topological polar surface area (TPSA) is 15.7 Å². The second-order valence-electron chi connectivity index (χ2n) is 4.69. The molecule has 1 aromatic rings. The molecule has 2 rings (SSSR count). The van der Waals surface area contributed by atoms with E-state index >= 15 is 0 Å². The highest BCUT2D eigenvalue weighted by Gasteiger charge is 2.15. The van der Waals surface area contributed by atoms with Crippen LogP contribution in [0.5, 0.6) is 5.75 Å². The molecule has 0 spiro atoms. The number of ether oxygens (including phenoxy) is 1. The molecule has 6 heteroatoms. The van der Waals surface area contributed by atoms with Gasteiger partial charge in [-0.15, -0.1) is 0 Å². The van der Waals surface area contributed by atoms with Crippen LogP contribution in [0.4, 0.5) is 8.78 Å². The maximum atomic E-state index is 13.5. The average Bonchev–Trinajstić information content (AvgIpc) is 2.37. The van der Waals surface area contributed by atoms with Crippen LogP contribution in [-0.4, -0.2) is 56.2 Å². The molecule has 0 radical (unpaired) electrons. The van der Waals surface area contributed by atoms with E-state index in [-0.39, 0.29) is 5.75 Å². The Balaban J connectivity index is 1.83. The van der Waals surface area contributed by atoms with Gasteiger partial charge in [-0.05, 0) is 19.2 Å². The minimum absolute atomic E-state index is 0.0407. The van der Waals surface area contributed by atoms with Crippen molar-refractivity contribution >= 4 is 15.9 Å². The monoisotopic (exact) mass is 334 g/mol. The van der Waals surface area contributed by atoms with Crippen molar-refractivity contribution in [3.63, 3.8) is 0 Å². The number of rotatable bonds is 4. The van der Waals surface area contributed by atoms with Crippen LogP contribution in [0.3, 0.4) is 0 Å². The summed E-state index contributed by atoms with van der Waals surface area (Å²) in [5, 5.41) is 0. The van der Waals surface area contributed by atoms with E-state index in [1.54, 1.807) is 0 Å². The van der Waals surface area contributed by atoms with Gasteiger partial charge in [-0.1, -0.05) is 15.9 Å². The summed E-state index contributed by atoms with van der Waals surface area (Å²) in [4.78, 5) is 4.52. The van der Waals surface area contributed by atoms with Gasteiger partial charge < -0.3 is 9.64 Å². The van der Waals surface area contributed by atoms with Gasteiger partial charge in [-0.3, -0.25) is 4.90 Å². The Morgan fingerprint density at radius 1 is 1.21 bits per heavy atom. The van der Waals surface area contributed by atoms with E-state index in [0.717, 1.165) is 38.8 Å². The normalized spacial score (nSPS) is 17.7. The van der Waals surface area contributed by atoms with Gasteiger partial charge in [0.25, 0.3) is 0 Å². The zero-order valence-electron chi connectivity index (χ0n) is 10.8. The van der Waals surface area contributed by atoms with Crippen LogP contribution in [0, 0.1) is 11.6 Å². The largest absolute Gasteiger partial charge is 0.489 e. The first kappa shape index (κ1) is 14.7. The summed E-state index contributed by atoms with van der Waals surface area (Å²) < 4.78 is 32.4. The molecular weight excluding hydrogens is 318 g/mol. The molecule has 0 saturated carbocycles. The van der Waals surface area contributed by atoms with Crippen LogP contribution < -0.4 is 4.74 Å². The second kappa shape index (κ2) is 6.63. The first-order valence-corrected chi connectivity index (χ1v) is 7.04. The molecule has 1 saturated heterocycles. The SMILES string of the molecule is CN1CCN(CCOc2cc(Br)cc(F)c2F)CC1. The van der Waals surface area contributed by atoms with Crippen molar-refractivity contribution in [3.8, 4) is 5.75 Å². The van der Waals surface area contributed by atoms with Crippen molar-refractivity contribution in [2.24, 2.45) is 0 Å². The first-order valence-electron chi connectivity index (χ1n) is 6.24. The second-order valence-corrected chi connectivity index (χ2v) is 5.61. The van der Waals surface area contributed by atoms with E-state index in [1.807, 2.05) is 0 Å². The Labute approximate surface area is 120 Å².